The number of hydrogen-bond acceptors (Lipinski definition) is 6. The smallest absolute Gasteiger partial charge is 0.310 e. The Labute approximate surface area is 160 Å². The van der Waals surface area contributed by atoms with Gasteiger partial charge in [-0.3, -0.25) is 14.4 Å². The Morgan fingerprint density at radius 2 is 1.86 bits per heavy atom. The molecule has 3 N–H and O–H groups in total. The Balaban J connectivity index is 1.51. The number of amides is 2. The predicted molar refractivity (Wildman–Crippen MR) is 101 cm³/mol. The highest BCUT2D eigenvalue weighted by Gasteiger charge is 2.14. The number of furan rings is 1. The van der Waals surface area contributed by atoms with E-state index < -0.39 is 18.5 Å². The fraction of sp³-hybridized carbons (Fsp3) is 0.150. The molecule has 0 saturated heterocycles. The largest absolute Gasteiger partial charge is 0.508 e. The topological polar surface area (TPSA) is 118 Å². The normalized spacial score (nSPS) is 10.5. The van der Waals surface area contributed by atoms with Crippen LogP contribution in [-0.2, 0) is 20.7 Å². The first-order valence-electron chi connectivity index (χ1n) is 8.43. The van der Waals surface area contributed by atoms with Crippen molar-refractivity contribution in [1.29, 1.82) is 0 Å². The highest BCUT2D eigenvalue weighted by Crippen LogP contribution is 2.25. The summed E-state index contributed by atoms with van der Waals surface area (Å²) in [5.74, 6) is -1.24. The number of phenolic OH excluding ortho intramolecular Hbond substituents is 1. The predicted octanol–water partition coefficient (Wildman–Crippen LogP) is 2.22. The molecule has 0 aliphatic rings. The van der Waals surface area contributed by atoms with E-state index >= 15 is 0 Å². The van der Waals surface area contributed by atoms with E-state index in [2.05, 4.69) is 10.6 Å². The van der Waals surface area contributed by atoms with Crippen LogP contribution in [0.4, 0.5) is 5.69 Å². The fourth-order valence-corrected chi connectivity index (χ4v) is 2.61. The van der Waals surface area contributed by atoms with Crippen LogP contribution in [0.15, 0.2) is 53.1 Å². The summed E-state index contributed by atoms with van der Waals surface area (Å²) in [6.45, 7) is -0.438. The average molecular weight is 382 g/mol. The van der Waals surface area contributed by atoms with Crippen molar-refractivity contribution in [2.24, 2.45) is 0 Å². The molecule has 0 saturated carbocycles. The van der Waals surface area contributed by atoms with Crippen LogP contribution in [0.3, 0.4) is 0 Å². The van der Waals surface area contributed by atoms with Crippen LogP contribution < -0.4 is 10.6 Å². The standard InChI is InChI=1S/C20H18N2O6/c1-21-20(26)12-2-4-14(5-3-12)22-18(24)11-28-19(25)8-13-10-27-17-9-15(23)6-7-16(13)17/h2-7,9-10,23H,8,11H2,1H3,(H,21,26)(H,22,24). The van der Waals surface area contributed by atoms with Gasteiger partial charge in [-0.05, 0) is 36.4 Å². The number of phenols is 1. The van der Waals surface area contributed by atoms with Gasteiger partial charge in [0.25, 0.3) is 11.8 Å². The van der Waals surface area contributed by atoms with E-state index in [4.69, 9.17) is 9.15 Å². The van der Waals surface area contributed by atoms with E-state index in [1.165, 1.54) is 25.4 Å². The summed E-state index contributed by atoms with van der Waals surface area (Å²) in [5.41, 5.74) is 2.01. The third kappa shape index (κ3) is 4.47. The van der Waals surface area contributed by atoms with Crippen LogP contribution in [0, 0.1) is 0 Å². The van der Waals surface area contributed by atoms with Gasteiger partial charge in [0.15, 0.2) is 6.61 Å². The van der Waals surface area contributed by atoms with Gasteiger partial charge in [0.05, 0.1) is 12.7 Å². The first-order chi connectivity index (χ1) is 13.5. The SMILES string of the molecule is CNC(=O)c1ccc(NC(=O)COC(=O)Cc2coc3cc(O)ccc23)cc1. The number of anilines is 1. The lowest BCUT2D eigenvalue weighted by molar-refractivity contribution is -0.146. The molecular weight excluding hydrogens is 364 g/mol. The molecule has 2 aromatic carbocycles. The van der Waals surface area contributed by atoms with Gasteiger partial charge in [-0.25, -0.2) is 0 Å². The van der Waals surface area contributed by atoms with Gasteiger partial charge in [-0.15, -0.1) is 0 Å². The molecule has 28 heavy (non-hydrogen) atoms. The van der Waals surface area contributed by atoms with Crippen molar-refractivity contribution >= 4 is 34.4 Å². The summed E-state index contributed by atoms with van der Waals surface area (Å²) in [6, 6.07) is 10.9. The van der Waals surface area contributed by atoms with Crippen molar-refractivity contribution in [1.82, 2.24) is 5.32 Å². The van der Waals surface area contributed by atoms with Crippen molar-refractivity contribution in [3.8, 4) is 5.75 Å². The first-order valence-corrected chi connectivity index (χ1v) is 8.43. The lowest BCUT2D eigenvalue weighted by Crippen LogP contribution is -2.22. The minimum atomic E-state index is -0.583. The molecule has 3 rings (SSSR count). The van der Waals surface area contributed by atoms with Gasteiger partial charge in [0.1, 0.15) is 11.3 Å². The zero-order chi connectivity index (χ0) is 20.1. The van der Waals surface area contributed by atoms with Gasteiger partial charge >= 0.3 is 5.97 Å². The number of carbonyl (C=O) groups excluding carboxylic acids is 3. The second-order valence-corrected chi connectivity index (χ2v) is 5.98. The molecule has 0 unspecified atom stereocenters. The molecule has 0 fully saturated rings. The van der Waals surface area contributed by atoms with Crippen molar-refractivity contribution in [2.75, 3.05) is 19.0 Å². The zero-order valence-corrected chi connectivity index (χ0v) is 15.0. The number of hydrogen-bond donors (Lipinski definition) is 3. The molecule has 0 radical (unpaired) electrons. The summed E-state index contributed by atoms with van der Waals surface area (Å²) in [7, 11) is 1.53. The van der Waals surface area contributed by atoms with E-state index in [0.717, 1.165) is 0 Å². The van der Waals surface area contributed by atoms with Gasteiger partial charge < -0.3 is 24.9 Å². The molecule has 2 amide bonds. The second-order valence-electron chi connectivity index (χ2n) is 5.98. The molecule has 1 aromatic heterocycles. The number of rotatable bonds is 6. The highest BCUT2D eigenvalue weighted by atomic mass is 16.5. The van der Waals surface area contributed by atoms with E-state index in [-0.39, 0.29) is 18.1 Å². The van der Waals surface area contributed by atoms with Crippen molar-refractivity contribution < 1.29 is 28.6 Å². The molecule has 0 bridgehead atoms. The molecule has 0 atom stereocenters. The monoisotopic (exact) mass is 382 g/mol. The number of benzene rings is 2. The van der Waals surface area contributed by atoms with Crippen LogP contribution in [0.5, 0.6) is 5.75 Å². The summed E-state index contributed by atoms with van der Waals surface area (Å²) in [4.78, 5) is 35.4. The number of carbonyl (C=O) groups is 3. The van der Waals surface area contributed by atoms with Crippen molar-refractivity contribution in [3.63, 3.8) is 0 Å². The fourth-order valence-electron chi connectivity index (χ4n) is 2.61. The van der Waals surface area contributed by atoms with Crippen molar-refractivity contribution in [2.45, 2.75) is 6.42 Å². The van der Waals surface area contributed by atoms with Crippen LogP contribution in [0.1, 0.15) is 15.9 Å². The van der Waals surface area contributed by atoms with Gasteiger partial charge in [-0.2, -0.15) is 0 Å². The average Bonchev–Trinajstić information content (AvgIpc) is 3.08. The maximum absolute atomic E-state index is 12.0. The number of fused-ring (bicyclic) bond motifs is 1. The summed E-state index contributed by atoms with van der Waals surface area (Å²) in [6.07, 6.45) is 1.35. The Hall–Kier alpha value is -3.81. The summed E-state index contributed by atoms with van der Waals surface area (Å²) >= 11 is 0. The molecule has 0 aliphatic heterocycles. The summed E-state index contributed by atoms with van der Waals surface area (Å²) < 4.78 is 10.3. The van der Waals surface area contributed by atoms with Crippen molar-refractivity contribution in [3.05, 3.63) is 59.9 Å². The Kier molecular flexibility index (Phi) is 5.59. The lowest BCUT2D eigenvalue weighted by atomic mass is 10.1. The Morgan fingerprint density at radius 3 is 2.57 bits per heavy atom. The van der Waals surface area contributed by atoms with E-state index in [0.29, 0.717) is 27.8 Å². The quantitative estimate of drug-likeness (QED) is 0.563. The lowest BCUT2D eigenvalue weighted by Gasteiger charge is -2.07. The maximum atomic E-state index is 12.0. The van der Waals surface area contributed by atoms with E-state index in [1.807, 2.05) is 0 Å². The third-order valence-electron chi connectivity index (χ3n) is 4.00. The van der Waals surface area contributed by atoms with E-state index in [1.54, 1.807) is 30.3 Å². The minimum Gasteiger partial charge on any atom is -0.508 e. The third-order valence-corrected chi connectivity index (χ3v) is 4.00. The molecule has 0 spiro atoms. The molecule has 3 aromatic rings. The molecule has 1 heterocycles. The Bertz CT molecular complexity index is 1020. The second kappa shape index (κ2) is 8.26. The minimum absolute atomic E-state index is 0.0636. The van der Waals surface area contributed by atoms with Gasteiger partial charge in [-0.1, -0.05) is 0 Å². The summed E-state index contributed by atoms with van der Waals surface area (Å²) in [5, 5.41) is 15.2. The zero-order valence-electron chi connectivity index (χ0n) is 15.0. The van der Waals surface area contributed by atoms with Crippen LogP contribution >= 0.6 is 0 Å². The van der Waals surface area contributed by atoms with Crippen LogP contribution in [0.2, 0.25) is 0 Å². The number of aromatic hydroxyl groups is 1. The number of ether oxygens (including phenoxy) is 1. The van der Waals surface area contributed by atoms with Crippen LogP contribution in [-0.4, -0.2) is 36.5 Å². The van der Waals surface area contributed by atoms with Crippen LogP contribution in [0.25, 0.3) is 11.0 Å². The van der Waals surface area contributed by atoms with Gasteiger partial charge in [0, 0.05) is 35.3 Å². The maximum Gasteiger partial charge on any atom is 0.310 e. The molecular formula is C20H18N2O6. The number of nitrogens with one attached hydrogen (secondary N) is 2. The Morgan fingerprint density at radius 1 is 1.11 bits per heavy atom. The first kappa shape index (κ1) is 19.0. The number of esters is 1. The molecule has 144 valence electrons. The molecule has 8 nitrogen and oxygen atoms in total. The van der Waals surface area contributed by atoms with E-state index in [9.17, 15) is 19.5 Å². The van der Waals surface area contributed by atoms with Gasteiger partial charge in [0.2, 0.25) is 0 Å². The highest BCUT2D eigenvalue weighted by molar-refractivity contribution is 5.96. The molecule has 8 heteroatoms. The molecule has 0 aliphatic carbocycles.